The fraction of sp³-hybridized carbons (Fsp3) is 0.188. The molecule has 1 N–H and O–H groups in total. The first-order chi connectivity index (χ1) is 9.66. The quantitative estimate of drug-likeness (QED) is 0.852. The smallest absolute Gasteiger partial charge is 0.335 e. The van der Waals surface area contributed by atoms with Crippen LogP contribution in [-0.2, 0) is 22.6 Å². The highest BCUT2D eigenvalue weighted by Gasteiger charge is 2.18. The van der Waals surface area contributed by atoms with E-state index in [9.17, 15) is 14.3 Å². The number of ether oxygens (including phenoxy) is 1. The molecule has 0 unspecified atom stereocenters. The average Bonchev–Trinajstić information content (AvgIpc) is 2.48. The van der Waals surface area contributed by atoms with Crippen LogP contribution in [0.4, 0.5) is 4.39 Å². The Balaban J connectivity index is 1.88. The lowest BCUT2D eigenvalue weighted by molar-refractivity contribution is -0.154. The van der Waals surface area contributed by atoms with E-state index in [2.05, 4.69) is 0 Å². The fourth-order valence-corrected chi connectivity index (χ4v) is 1.78. The van der Waals surface area contributed by atoms with Crippen LogP contribution in [0, 0.1) is 5.82 Å². The average molecular weight is 274 g/mol. The molecular formula is C16H15FO3. The molecule has 0 saturated heterocycles. The minimum absolute atomic E-state index is 0.0913. The largest absolute Gasteiger partial charge is 0.459 e. The number of aliphatic hydroxyl groups excluding tert-OH is 1. The van der Waals surface area contributed by atoms with Crippen LogP contribution < -0.4 is 0 Å². The second-order valence-electron chi connectivity index (χ2n) is 4.40. The molecule has 0 heterocycles. The second kappa shape index (κ2) is 6.82. The summed E-state index contributed by atoms with van der Waals surface area (Å²) in [5.74, 6) is -1.19. The maximum absolute atomic E-state index is 13.4. The van der Waals surface area contributed by atoms with Gasteiger partial charge in [0.25, 0.3) is 0 Å². The van der Waals surface area contributed by atoms with E-state index in [0.29, 0.717) is 0 Å². The van der Waals surface area contributed by atoms with Crippen molar-refractivity contribution in [3.63, 3.8) is 0 Å². The summed E-state index contributed by atoms with van der Waals surface area (Å²) in [5.41, 5.74) is 1.12. The SMILES string of the molecule is O=C(OCc1ccccc1)[C@H](O)Cc1ccccc1F. The molecule has 0 aliphatic heterocycles. The van der Waals surface area contributed by atoms with Crippen LogP contribution in [0.25, 0.3) is 0 Å². The molecule has 0 fully saturated rings. The van der Waals surface area contributed by atoms with Crippen molar-refractivity contribution in [2.24, 2.45) is 0 Å². The number of aliphatic hydroxyl groups is 1. The van der Waals surface area contributed by atoms with Crippen LogP contribution in [0.1, 0.15) is 11.1 Å². The van der Waals surface area contributed by atoms with Gasteiger partial charge in [-0.15, -0.1) is 0 Å². The highest BCUT2D eigenvalue weighted by atomic mass is 19.1. The second-order valence-corrected chi connectivity index (χ2v) is 4.40. The molecule has 0 radical (unpaired) electrons. The first-order valence-electron chi connectivity index (χ1n) is 6.29. The highest BCUT2D eigenvalue weighted by molar-refractivity contribution is 5.74. The van der Waals surface area contributed by atoms with E-state index in [-0.39, 0.29) is 18.6 Å². The third-order valence-corrected chi connectivity index (χ3v) is 2.87. The van der Waals surface area contributed by atoms with Gasteiger partial charge < -0.3 is 9.84 Å². The Morgan fingerprint density at radius 2 is 1.75 bits per heavy atom. The third kappa shape index (κ3) is 3.90. The van der Waals surface area contributed by atoms with Gasteiger partial charge in [0.15, 0.2) is 6.10 Å². The molecule has 1 atom stereocenters. The molecule has 20 heavy (non-hydrogen) atoms. The van der Waals surface area contributed by atoms with Gasteiger partial charge in [0.2, 0.25) is 0 Å². The Morgan fingerprint density at radius 3 is 2.45 bits per heavy atom. The summed E-state index contributed by atoms with van der Waals surface area (Å²) in [4.78, 5) is 11.6. The van der Waals surface area contributed by atoms with Crippen molar-refractivity contribution in [3.8, 4) is 0 Å². The molecule has 0 saturated carbocycles. The molecule has 0 spiro atoms. The van der Waals surface area contributed by atoms with E-state index in [4.69, 9.17) is 4.74 Å². The van der Waals surface area contributed by atoms with Gasteiger partial charge in [-0.05, 0) is 17.2 Å². The van der Waals surface area contributed by atoms with E-state index in [1.54, 1.807) is 12.1 Å². The molecule has 0 aliphatic carbocycles. The van der Waals surface area contributed by atoms with Gasteiger partial charge in [0.05, 0.1) is 0 Å². The predicted molar refractivity (Wildman–Crippen MR) is 72.3 cm³/mol. The summed E-state index contributed by atoms with van der Waals surface area (Å²) in [7, 11) is 0. The van der Waals surface area contributed by atoms with Gasteiger partial charge in [-0.1, -0.05) is 48.5 Å². The standard InChI is InChI=1S/C16H15FO3/c17-14-9-5-4-8-13(14)10-15(18)16(19)20-11-12-6-2-1-3-7-12/h1-9,15,18H,10-11H2/t15-/m1/s1. The van der Waals surface area contributed by atoms with Crippen LogP contribution in [-0.4, -0.2) is 17.2 Å². The number of esters is 1. The van der Waals surface area contributed by atoms with Gasteiger partial charge in [0, 0.05) is 6.42 Å². The van der Waals surface area contributed by atoms with Gasteiger partial charge in [-0.2, -0.15) is 0 Å². The van der Waals surface area contributed by atoms with Gasteiger partial charge in [-0.3, -0.25) is 0 Å². The lowest BCUT2D eigenvalue weighted by atomic mass is 10.1. The fourth-order valence-electron chi connectivity index (χ4n) is 1.78. The topological polar surface area (TPSA) is 46.5 Å². The van der Waals surface area contributed by atoms with Crippen LogP contribution in [0.15, 0.2) is 54.6 Å². The lowest BCUT2D eigenvalue weighted by Gasteiger charge is -2.11. The zero-order valence-electron chi connectivity index (χ0n) is 10.8. The predicted octanol–water partition coefficient (Wildman–Crippen LogP) is 2.47. The minimum atomic E-state index is -1.37. The van der Waals surface area contributed by atoms with E-state index in [0.717, 1.165) is 5.56 Å². The molecular weight excluding hydrogens is 259 g/mol. The molecule has 0 bridgehead atoms. The Hall–Kier alpha value is -2.20. The lowest BCUT2D eigenvalue weighted by Crippen LogP contribution is -2.25. The first kappa shape index (κ1) is 14.2. The summed E-state index contributed by atoms with van der Waals surface area (Å²) >= 11 is 0. The molecule has 4 heteroatoms. The molecule has 2 rings (SSSR count). The number of hydrogen-bond acceptors (Lipinski definition) is 3. The summed E-state index contributed by atoms with van der Waals surface area (Å²) < 4.78 is 18.4. The van der Waals surface area contributed by atoms with E-state index >= 15 is 0 Å². The molecule has 104 valence electrons. The number of halogens is 1. The Labute approximate surface area is 116 Å². The number of rotatable bonds is 5. The van der Waals surface area contributed by atoms with Crippen molar-refractivity contribution in [2.75, 3.05) is 0 Å². The molecule has 2 aromatic carbocycles. The first-order valence-corrected chi connectivity index (χ1v) is 6.29. The number of benzene rings is 2. The van der Waals surface area contributed by atoms with Gasteiger partial charge >= 0.3 is 5.97 Å². The Morgan fingerprint density at radius 1 is 1.10 bits per heavy atom. The van der Waals surface area contributed by atoms with Crippen molar-refractivity contribution in [1.82, 2.24) is 0 Å². The summed E-state index contributed by atoms with van der Waals surface area (Å²) in [5, 5.41) is 9.73. The zero-order valence-corrected chi connectivity index (χ0v) is 10.8. The monoisotopic (exact) mass is 274 g/mol. The van der Waals surface area contributed by atoms with Crippen LogP contribution in [0.2, 0.25) is 0 Å². The van der Waals surface area contributed by atoms with Gasteiger partial charge in [0.1, 0.15) is 12.4 Å². The van der Waals surface area contributed by atoms with Crippen molar-refractivity contribution in [2.45, 2.75) is 19.1 Å². The number of carbonyl (C=O) groups excluding carboxylic acids is 1. The Bertz CT molecular complexity index is 569. The van der Waals surface area contributed by atoms with E-state index < -0.39 is 17.9 Å². The third-order valence-electron chi connectivity index (χ3n) is 2.87. The van der Waals surface area contributed by atoms with Crippen LogP contribution in [0.5, 0.6) is 0 Å². The molecule has 0 amide bonds. The Kier molecular flexibility index (Phi) is 4.85. The zero-order chi connectivity index (χ0) is 14.4. The van der Waals surface area contributed by atoms with Gasteiger partial charge in [-0.25, -0.2) is 9.18 Å². The summed E-state index contributed by atoms with van der Waals surface area (Å²) in [6.45, 7) is 0.0913. The molecule has 3 nitrogen and oxygen atoms in total. The summed E-state index contributed by atoms with van der Waals surface area (Å²) in [6, 6.07) is 15.2. The van der Waals surface area contributed by atoms with Crippen molar-refractivity contribution in [3.05, 3.63) is 71.5 Å². The van der Waals surface area contributed by atoms with Crippen molar-refractivity contribution in [1.29, 1.82) is 0 Å². The molecule has 0 aromatic heterocycles. The highest BCUT2D eigenvalue weighted by Crippen LogP contribution is 2.10. The minimum Gasteiger partial charge on any atom is -0.459 e. The summed E-state index contributed by atoms with van der Waals surface area (Å²) in [6.07, 6.45) is -1.46. The molecule has 0 aliphatic rings. The van der Waals surface area contributed by atoms with Crippen molar-refractivity contribution >= 4 is 5.97 Å². The normalized spacial score (nSPS) is 11.9. The number of carbonyl (C=O) groups is 1. The molecule has 2 aromatic rings. The maximum atomic E-state index is 13.4. The van der Waals surface area contributed by atoms with Crippen molar-refractivity contribution < 1.29 is 19.0 Å². The maximum Gasteiger partial charge on any atom is 0.335 e. The van der Waals surface area contributed by atoms with E-state index in [1.807, 2.05) is 30.3 Å². The van der Waals surface area contributed by atoms with Crippen LogP contribution in [0.3, 0.4) is 0 Å². The van der Waals surface area contributed by atoms with Crippen LogP contribution >= 0.6 is 0 Å². The van der Waals surface area contributed by atoms with E-state index in [1.165, 1.54) is 12.1 Å². The number of hydrogen-bond donors (Lipinski definition) is 1.